The molecule has 1 heterocycles. The smallest absolute Gasteiger partial charge is 0.0115 e. The molecular formula is C9H16S. The van der Waals surface area contributed by atoms with Gasteiger partial charge in [0.05, 0.1) is 0 Å². The predicted molar refractivity (Wildman–Crippen MR) is 50.0 cm³/mol. The lowest BCUT2D eigenvalue weighted by molar-refractivity contribution is 0.391. The first-order valence-electron chi connectivity index (χ1n) is 4.45. The van der Waals surface area contributed by atoms with Gasteiger partial charge in [-0.3, -0.25) is 0 Å². The molecule has 0 aromatic rings. The molecule has 1 aliphatic carbocycles. The minimum absolute atomic E-state index is 0.812. The highest BCUT2D eigenvalue weighted by molar-refractivity contribution is 8.22. The van der Waals surface area contributed by atoms with Gasteiger partial charge in [-0.25, -0.2) is 0 Å². The fourth-order valence-electron chi connectivity index (χ4n) is 1.84. The Balaban J connectivity index is 1.74. The normalized spacial score (nSPS) is 33.4. The lowest BCUT2D eigenvalue weighted by Crippen LogP contribution is -2.08. The van der Waals surface area contributed by atoms with Gasteiger partial charge in [-0.05, 0) is 24.5 Å². The van der Waals surface area contributed by atoms with Crippen molar-refractivity contribution in [2.24, 2.45) is 5.92 Å². The molecule has 0 saturated heterocycles. The first-order chi connectivity index (χ1) is 4.95. The molecule has 0 bridgehead atoms. The van der Waals surface area contributed by atoms with Crippen molar-refractivity contribution in [1.29, 1.82) is 0 Å². The molecule has 1 fully saturated rings. The summed E-state index contributed by atoms with van der Waals surface area (Å²) in [6.45, 7) is 0. The van der Waals surface area contributed by atoms with Gasteiger partial charge in [-0.15, -0.1) is 0 Å². The summed E-state index contributed by atoms with van der Waals surface area (Å²) in [6, 6.07) is 0. The van der Waals surface area contributed by atoms with Crippen molar-refractivity contribution in [2.45, 2.75) is 32.1 Å². The second kappa shape index (κ2) is 3.08. The van der Waals surface area contributed by atoms with Crippen LogP contribution in [0.1, 0.15) is 32.1 Å². The van der Waals surface area contributed by atoms with Crippen LogP contribution in [0.25, 0.3) is 0 Å². The average Bonchev–Trinajstić information content (AvgIpc) is 2.74. The maximum Gasteiger partial charge on any atom is 0.0115 e. The molecule has 0 nitrogen and oxygen atoms in total. The number of hydrogen-bond donors (Lipinski definition) is 0. The summed E-state index contributed by atoms with van der Waals surface area (Å²) in [6.07, 6.45) is 7.62. The summed E-state index contributed by atoms with van der Waals surface area (Å²) in [5.41, 5.74) is 0. The van der Waals surface area contributed by atoms with Gasteiger partial charge in [-0.1, -0.05) is 24.6 Å². The first-order valence-corrected chi connectivity index (χ1v) is 6.07. The van der Waals surface area contributed by atoms with E-state index in [2.05, 4.69) is 5.37 Å². The molecule has 0 amide bonds. The number of hydrogen-bond acceptors (Lipinski definition) is 0. The quantitative estimate of drug-likeness (QED) is 0.539. The molecule has 58 valence electrons. The minimum atomic E-state index is 0.812. The molecule has 0 aromatic carbocycles. The summed E-state index contributed by atoms with van der Waals surface area (Å²) in [5.74, 6) is 4.13. The van der Waals surface area contributed by atoms with E-state index >= 15 is 0 Å². The minimum Gasteiger partial charge on any atom is -0.184 e. The fraction of sp³-hybridized carbons (Fsp3) is 0.889. The highest BCUT2D eigenvalue weighted by atomic mass is 32.2. The standard InChI is InChI=1S/C9H16S/c1-2-4-9(5-3-1)8-10-6-7-10/h6,9H,1-5,7-8H2. The maximum atomic E-state index is 2.49. The van der Waals surface area contributed by atoms with E-state index in [1.54, 1.807) is 5.75 Å². The van der Waals surface area contributed by atoms with Crippen molar-refractivity contribution in [3.05, 3.63) is 0 Å². The summed E-state index contributed by atoms with van der Waals surface area (Å²) in [5, 5.41) is 2.49. The van der Waals surface area contributed by atoms with Crippen LogP contribution in [0.15, 0.2) is 0 Å². The van der Waals surface area contributed by atoms with Gasteiger partial charge in [0.2, 0.25) is 0 Å². The molecule has 1 heteroatoms. The molecule has 0 radical (unpaired) electrons. The second-order valence-corrected chi connectivity index (χ2v) is 5.62. The van der Waals surface area contributed by atoms with Gasteiger partial charge in [0.25, 0.3) is 0 Å². The highest BCUT2D eigenvalue weighted by Gasteiger charge is 2.16. The van der Waals surface area contributed by atoms with E-state index in [1.807, 2.05) is 0 Å². The molecular weight excluding hydrogens is 140 g/mol. The third kappa shape index (κ3) is 1.85. The van der Waals surface area contributed by atoms with Crippen molar-refractivity contribution in [3.8, 4) is 0 Å². The van der Waals surface area contributed by atoms with Crippen LogP contribution in [-0.2, 0) is 0 Å². The zero-order chi connectivity index (χ0) is 6.81. The Hall–Kier alpha value is 0.220. The van der Waals surface area contributed by atoms with Crippen LogP contribution in [0, 0.1) is 5.92 Å². The van der Waals surface area contributed by atoms with Crippen molar-refractivity contribution in [1.82, 2.24) is 0 Å². The lowest BCUT2D eigenvalue weighted by Gasteiger charge is -2.20. The Morgan fingerprint density at radius 3 is 2.50 bits per heavy atom. The van der Waals surface area contributed by atoms with Crippen LogP contribution in [0.5, 0.6) is 0 Å². The van der Waals surface area contributed by atoms with Gasteiger partial charge >= 0.3 is 0 Å². The van der Waals surface area contributed by atoms with Crippen molar-refractivity contribution >= 4 is 15.9 Å². The Morgan fingerprint density at radius 1 is 1.20 bits per heavy atom. The van der Waals surface area contributed by atoms with Crippen molar-refractivity contribution in [2.75, 3.05) is 11.5 Å². The molecule has 0 aromatic heterocycles. The van der Waals surface area contributed by atoms with Gasteiger partial charge in [0, 0.05) is 5.75 Å². The van der Waals surface area contributed by atoms with Crippen LogP contribution >= 0.6 is 10.5 Å². The Morgan fingerprint density at radius 2 is 1.90 bits per heavy atom. The van der Waals surface area contributed by atoms with Crippen LogP contribution < -0.4 is 0 Å². The molecule has 1 aliphatic heterocycles. The van der Waals surface area contributed by atoms with E-state index in [1.165, 1.54) is 37.9 Å². The predicted octanol–water partition coefficient (Wildman–Crippen LogP) is 2.65. The summed E-state index contributed by atoms with van der Waals surface area (Å²) in [4.78, 5) is 0. The fourth-order valence-corrected chi connectivity index (χ4v) is 3.44. The monoisotopic (exact) mass is 156 g/mol. The first kappa shape index (κ1) is 6.90. The van der Waals surface area contributed by atoms with E-state index in [-0.39, 0.29) is 0 Å². The molecule has 0 spiro atoms. The van der Waals surface area contributed by atoms with Gasteiger partial charge < -0.3 is 0 Å². The average molecular weight is 156 g/mol. The van der Waals surface area contributed by atoms with E-state index in [9.17, 15) is 0 Å². The zero-order valence-electron chi connectivity index (χ0n) is 6.51. The third-order valence-corrected chi connectivity index (χ3v) is 4.28. The Labute approximate surface area is 65.9 Å². The molecule has 0 N–H and O–H groups in total. The van der Waals surface area contributed by atoms with Crippen LogP contribution in [0.3, 0.4) is 0 Å². The Kier molecular flexibility index (Phi) is 2.13. The molecule has 2 aliphatic rings. The lowest BCUT2D eigenvalue weighted by atomic mass is 9.91. The topological polar surface area (TPSA) is 0 Å². The van der Waals surface area contributed by atoms with Crippen LogP contribution in [0.4, 0.5) is 0 Å². The van der Waals surface area contributed by atoms with Crippen molar-refractivity contribution in [3.63, 3.8) is 0 Å². The van der Waals surface area contributed by atoms with E-state index in [4.69, 9.17) is 0 Å². The van der Waals surface area contributed by atoms with Gasteiger partial charge in [0.1, 0.15) is 0 Å². The Bertz CT molecular complexity index is 143. The second-order valence-electron chi connectivity index (χ2n) is 3.54. The van der Waals surface area contributed by atoms with Crippen LogP contribution in [-0.4, -0.2) is 16.9 Å². The molecule has 1 saturated carbocycles. The van der Waals surface area contributed by atoms with E-state index < -0.39 is 0 Å². The highest BCUT2D eigenvalue weighted by Crippen LogP contribution is 2.33. The van der Waals surface area contributed by atoms with Gasteiger partial charge in [-0.2, -0.15) is 10.5 Å². The maximum absolute atomic E-state index is 2.49. The van der Waals surface area contributed by atoms with Crippen LogP contribution in [0.2, 0.25) is 0 Å². The number of rotatable bonds is 2. The van der Waals surface area contributed by atoms with E-state index in [0.29, 0.717) is 0 Å². The molecule has 2 rings (SSSR count). The molecule has 10 heavy (non-hydrogen) atoms. The van der Waals surface area contributed by atoms with E-state index in [0.717, 1.165) is 16.4 Å². The zero-order valence-corrected chi connectivity index (χ0v) is 7.33. The van der Waals surface area contributed by atoms with Gasteiger partial charge in [0.15, 0.2) is 0 Å². The summed E-state index contributed by atoms with van der Waals surface area (Å²) < 4.78 is 0. The summed E-state index contributed by atoms with van der Waals surface area (Å²) >= 11 is 0. The molecule has 1 unspecified atom stereocenters. The molecule has 1 atom stereocenters. The largest absolute Gasteiger partial charge is 0.184 e. The third-order valence-electron chi connectivity index (χ3n) is 2.58. The summed E-state index contributed by atoms with van der Waals surface area (Å²) in [7, 11) is 0.812. The SMILES string of the molecule is C1=S(CC2CCCCC2)C1. The van der Waals surface area contributed by atoms with Crippen molar-refractivity contribution < 1.29 is 0 Å².